The van der Waals surface area contributed by atoms with Gasteiger partial charge < -0.3 is 15.4 Å². The number of methoxy groups -OCH3 is 1. The van der Waals surface area contributed by atoms with Crippen molar-refractivity contribution < 1.29 is 18.3 Å². The summed E-state index contributed by atoms with van der Waals surface area (Å²) in [6.07, 6.45) is 3.30. The van der Waals surface area contributed by atoms with Gasteiger partial charge in [0.25, 0.3) is 5.91 Å². The summed E-state index contributed by atoms with van der Waals surface area (Å²) in [4.78, 5) is 20.2. The summed E-state index contributed by atoms with van der Waals surface area (Å²) >= 11 is 0. The topological polar surface area (TPSA) is 76.1 Å². The van der Waals surface area contributed by atoms with Gasteiger partial charge in [-0.3, -0.25) is 4.79 Å². The molecule has 6 nitrogen and oxygen atoms in total. The smallest absolute Gasteiger partial charge is 0.258 e. The molecule has 0 atom stereocenters. The van der Waals surface area contributed by atoms with Crippen LogP contribution in [-0.2, 0) is 6.42 Å². The van der Waals surface area contributed by atoms with E-state index in [1.807, 2.05) is 24.3 Å². The summed E-state index contributed by atoms with van der Waals surface area (Å²) in [7, 11) is 1.61. The van der Waals surface area contributed by atoms with Gasteiger partial charge in [-0.2, -0.15) is 0 Å². The quantitative estimate of drug-likeness (QED) is 0.650. The Morgan fingerprint density at radius 1 is 1.07 bits per heavy atom. The van der Waals surface area contributed by atoms with Crippen molar-refractivity contribution in [1.29, 1.82) is 0 Å². The Hall–Kier alpha value is -3.55. The van der Waals surface area contributed by atoms with Gasteiger partial charge in [-0.05, 0) is 36.2 Å². The summed E-state index contributed by atoms with van der Waals surface area (Å²) < 4.78 is 32.4. The number of nitrogens with one attached hydrogen (secondary N) is 2. The van der Waals surface area contributed by atoms with Gasteiger partial charge in [0.2, 0.25) is 5.95 Å². The summed E-state index contributed by atoms with van der Waals surface area (Å²) in [6, 6.07) is 11.1. The first-order chi connectivity index (χ1) is 13.6. The van der Waals surface area contributed by atoms with Crippen LogP contribution in [0.25, 0.3) is 0 Å². The number of carbonyl (C=O) groups is 1. The average molecular weight is 384 g/mol. The fraction of sp³-hybridized carbons (Fsp3) is 0.150. The first kappa shape index (κ1) is 19.2. The minimum Gasteiger partial charge on any atom is -0.497 e. The van der Waals surface area contributed by atoms with E-state index in [4.69, 9.17) is 4.74 Å². The van der Waals surface area contributed by atoms with Crippen molar-refractivity contribution in [3.05, 3.63) is 77.6 Å². The van der Waals surface area contributed by atoms with Crippen molar-refractivity contribution in [2.75, 3.05) is 24.3 Å². The van der Waals surface area contributed by atoms with Gasteiger partial charge in [-0.15, -0.1) is 0 Å². The number of rotatable bonds is 7. The predicted molar refractivity (Wildman–Crippen MR) is 102 cm³/mol. The van der Waals surface area contributed by atoms with Gasteiger partial charge in [-0.1, -0.05) is 18.2 Å². The molecule has 3 rings (SSSR count). The monoisotopic (exact) mass is 384 g/mol. The zero-order valence-electron chi connectivity index (χ0n) is 15.1. The Bertz CT molecular complexity index is 944. The number of halogens is 2. The molecule has 0 unspecified atom stereocenters. The maximum atomic E-state index is 13.6. The van der Waals surface area contributed by atoms with Crippen molar-refractivity contribution in [3.63, 3.8) is 0 Å². The van der Waals surface area contributed by atoms with Crippen molar-refractivity contribution >= 4 is 17.5 Å². The highest BCUT2D eigenvalue weighted by atomic mass is 19.1. The minimum absolute atomic E-state index is 0.0843. The van der Waals surface area contributed by atoms with Crippen molar-refractivity contribution in [2.24, 2.45) is 0 Å². The van der Waals surface area contributed by atoms with Gasteiger partial charge in [-0.25, -0.2) is 18.7 Å². The second-order valence-corrected chi connectivity index (χ2v) is 5.87. The van der Waals surface area contributed by atoms with E-state index in [0.717, 1.165) is 29.9 Å². The van der Waals surface area contributed by atoms with Crippen LogP contribution in [0.15, 0.2) is 54.9 Å². The van der Waals surface area contributed by atoms with Crippen molar-refractivity contribution in [2.45, 2.75) is 6.42 Å². The van der Waals surface area contributed by atoms with Crippen LogP contribution in [0.2, 0.25) is 0 Å². The lowest BCUT2D eigenvalue weighted by Crippen LogP contribution is -2.16. The van der Waals surface area contributed by atoms with Gasteiger partial charge in [0.05, 0.1) is 12.7 Å². The lowest BCUT2D eigenvalue weighted by atomic mass is 10.1. The van der Waals surface area contributed by atoms with Crippen LogP contribution in [0.5, 0.6) is 5.75 Å². The Morgan fingerprint density at radius 2 is 1.75 bits per heavy atom. The molecule has 1 heterocycles. The van der Waals surface area contributed by atoms with Crippen LogP contribution in [0.3, 0.4) is 0 Å². The molecule has 0 aliphatic heterocycles. The zero-order valence-corrected chi connectivity index (χ0v) is 15.1. The number of hydrogen-bond acceptors (Lipinski definition) is 5. The lowest BCUT2D eigenvalue weighted by molar-refractivity contribution is 0.102. The largest absolute Gasteiger partial charge is 0.497 e. The lowest BCUT2D eigenvalue weighted by Gasteiger charge is -2.08. The maximum Gasteiger partial charge on any atom is 0.258 e. The third-order valence-electron chi connectivity index (χ3n) is 3.95. The molecular weight excluding hydrogens is 366 g/mol. The molecule has 0 saturated carbocycles. The molecule has 3 aromatic rings. The molecule has 2 aromatic carbocycles. The summed E-state index contributed by atoms with van der Waals surface area (Å²) in [5.74, 6) is -1.28. The number of nitrogens with zero attached hydrogens (tertiary/aromatic N) is 2. The molecule has 8 heteroatoms. The first-order valence-corrected chi connectivity index (χ1v) is 8.51. The highest BCUT2D eigenvalue weighted by Gasteiger charge is 2.14. The summed E-state index contributed by atoms with van der Waals surface area (Å²) in [5, 5.41) is 5.24. The van der Waals surface area contributed by atoms with E-state index in [2.05, 4.69) is 20.6 Å². The number of amides is 1. The molecule has 0 aliphatic rings. The molecule has 144 valence electrons. The Morgan fingerprint density at radius 3 is 2.43 bits per heavy atom. The van der Waals surface area contributed by atoms with E-state index in [0.29, 0.717) is 12.5 Å². The van der Waals surface area contributed by atoms with Crippen LogP contribution < -0.4 is 15.4 Å². The summed E-state index contributed by atoms with van der Waals surface area (Å²) in [5.41, 5.74) is 0.670. The Balaban J connectivity index is 1.56. The van der Waals surface area contributed by atoms with Crippen molar-refractivity contribution in [3.8, 4) is 5.75 Å². The minimum atomic E-state index is -0.856. The average Bonchev–Trinajstić information content (AvgIpc) is 2.71. The molecule has 28 heavy (non-hydrogen) atoms. The van der Waals surface area contributed by atoms with Crippen LogP contribution in [0, 0.1) is 11.6 Å². The maximum absolute atomic E-state index is 13.6. The van der Waals surface area contributed by atoms with Crippen molar-refractivity contribution in [1.82, 2.24) is 9.97 Å². The number of benzene rings is 2. The van der Waals surface area contributed by atoms with Gasteiger partial charge in [0.15, 0.2) is 0 Å². The second-order valence-electron chi connectivity index (χ2n) is 5.87. The van der Waals surface area contributed by atoms with E-state index in [1.54, 1.807) is 7.11 Å². The molecule has 2 N–H and O–H groups in total. The zero-order chi connectivity index (χ0) is 19.9. The van der Waals surface area contributed by atoms with E-state index < -0.39 is 23.2 Å². The van der Waals surface area contributed by atoms with E-state index >= 15 is 0 Å². The van der Waals surface area contributed by atoms with Crippen LogP contribution >= 0.6 is 0 Å². The van der Waals surface area contributed by atoms with E-state index in [-0.39, 0.29) is 5.56 Å². The second kappa shape index (κ2) is 8.90. The molecule has 0 spiro atoms. The third-order valence-corrected chi connectivity index (χ3v) is 3.95. The fourth-order valence-corrected chi connectivity index (χ4v) is 2.49. The number of hydrogen-bond donors (Lipinski definition) is 2. The van der Waals surface area contributed by atoms with E-state index in [9.17, 15) is 13.6 Å². The number of anilines is 2. The summed E-state index contributed by atoms with van der Waals surface area (Å²) in [6.45, 7) is 0.582. The molecule has 0 fully saturated rings. The predicted octanol–water partition coefficient (Wildman–Crippen LogP) is 3.67. The van der Waals surface area contributed by atoms with Gasteiger partial charge in [0, 0.05) is 18.9 Å². The van der Waals surface area contributed by atoms with Gasteiger partial charge >= 0.3 is 0 Å². The molecule has 1 aromatic heterocycles. The highest BCUT2D eigenvalue weighted by molar-refractivity contribution is 6.04. The Kier molecular flexibility index (Phi) is 6.11. The standard InChI is InChI=1S/C20H18F2N4O2/c1-28-15-5-2-4-13(10-15)8-9-23-20-24-11-14(12-25-20)19(27)26-18-16(21)6-3-7-17(18)22/h2-7,10-12H,8-9H2,1H3,(H,26,27)(H,23,24,25). The first-order valence-electron chi connectivity index (χ1n) is 8.51. The fourth-order valence-electron chi connectivity index (χ4n) is 2.49. The molecule has 0 aliphatic carbocycles. The molecule has 0 saturated heterocycles. The normalized spacial score (nSPS) is 10.4. The number of carbonyl (C=O) groups excluding carboxylic acids is 1. The number of para-hydroxylation sites is 1. The molecule has 1 amide bonds. The number of aromatic nitrogens is 2. The van der Waals surface area contributed by atoms with Crippen LogP contribution in [0.4, 0.5) is 20.4 Å². The number of ether oxygens (including phenoxy) is 1. The molecule has 0 bridgehead atoms. The van der Waals surface area contributed by atoms with E-state index in [1.165, 1.54) is 18.5 Å². The van der Waals surface area contributed by atoms with Gasteiger partial charge in [0.1, 0.15) is 23.1 Å². The molecule has 0 radical (unpaired) electrons. The molecular formula is C20H18F2N4O2. The highest BCUT2D eigenvalue weighted by Crippen LogP contribution is 2.19. The van der Waals surface area contributed by atoms with Crippen LogP contribution in [-0.4, -0.2) is 29.5 Å². The Labute approximate surface area is 160 Å². The third kappa shape index (κ3) is 4.79. The van der Waals surface area contributed by atoms with Crippen LogP contribution in [0.1, 0.15) is 15.9 Å². The SMILES string of the molecule is COc1cccc(CCNc2ncc(C(=O)Nc3c(F)cccc3F)cn2)c1.